The third kappa shape index (κ3) is 2.87. The molecule has 0 bridgehead atoms. The van der Waals surface area contributed by atoms with Gasteiger partial charge in [-0.3, -0.25) is 0 Å². The number of aromatic nitrogens is 2. The van der Waals surface area contributed by atoms with Gasteiger partial charge in [0, 0.05) is 11.8 Å². The highest BCUT2D eigenvalue weighted by Gasteiger charge is 2.12. The summed E-state index contributed by atoms with van der Waals surface area (Å²) in [7, 11) is 0. The Morgan fingerprint density at radius 3 is 2.68 bits per heavy atom. The Labute approximate surface area is 131 Å². The minimum absolute atomic E-state index is 0.0148. The van der Waals surface area contributed by atoms with Crippen molar-refractivity contribution in [2.75, 3.05) is 5.32 Å². The summed E-state index contributed by atoms with van der Waals surface area (Å²) in [6, 6.07) is 12.5. The van der Waals surface area contributed by atoms with Gasteiger partial charge in [0.1, 0.15) is 11.5 Å². The summed E-state index contributed by atoms with van der Waals surface area (Å²) in [5.41, 5.74) is 2.75. The van der Waals surface area contributed by atoms with E-state index < -0.39 is 0 Å². The lowest BCUT2D eigenvalue weighted by Gasteiger charge is -2.07. The van der Waals surface area contributed by atoms with E-state index in [1.54, 1.807) is 6.07 Å². The van der Waals surface area contributed by atoms with Gasteiger partial charge in [0.2, 0.25) is 5.13 Å². The molecule has 0 aliphatic rings. The van der Waals surface area contributed by atoms with Crippen LogP contribution in [0.2, 0.25) is 0 Å². The zero-order valence-corrected chi connectivity index (χ0v) is 12.8. The number of hydrogen-bond acceptors (Lipinski definition) is 6. The van der Waals surface area contributed by atoms with Crippen LogP contribution in [0.5, 0.6) is 11.5 Å². The molecule has 5 nitrogen and oxygen atoms in total. The first-order valence-corrected chi connectivity index (χ1v) is 7.70. The van der Waals surface area contributed by atoms with Crippen molar-refractivity contribution in [3.63, 3.8) is 0 Å². The van der Waals surface area contributed by atoms with Gasteiger partial charge >= 0.3 is 0 Å². The molecule has 2 aromatic carbocycles. The smallest absolute Gasteiger partial charge is 0.210 e. The molecule has 1 heterocycles. The van der Waals surface area contributed by atoms with Crippen LogP contribution in [0.3, 0.4) is 0 Å². The number of rotatable bonds is 4. The molecule has 0 saturated heterocycles. The zero-order valence-electron chi connectivity index (χ0n) is 11.9. The molecule has 0 amide bonds. The fraction of sp³-hybridized carbons (Fsp3) is 0.125. The lowest BCUT2D eigenvalue weighted by Crippen LogP contribution is -1.94. The summed E-state index contributed by atoms with van der Waals surface area (Å²) in [5.74, 6) is -0.00218. The molecular weight excluding hydrogens is 298 g/mol. The van der Waals surface area contributed by atoms with Gasteiger partial charge < -0.3 is 15.5 Å². The zero-order chi connectivity index (χ0) is 15.5. The molecule has 0 spiro atoms. The van der Waals surface area contributed by atoms with Gasteiger partial charge in [-0.1, -0.05) is 36.5 Å². The van der Waals surface area contributed by atoms with Crippen molar-refractivity contribution in [3.05, 3.63) is 48.0 Å². The van der Waals surface area contributed by atoms with Crippen LogP contribution in [-0.4, -0.2) is 20.4 Å². The maximum Gasteiger partial charge on any atom is 0.210 e. The molecule has 112 valence electrons. The number of para-hydroxylation sites is 1. The topological polar surface area (TPSA) is 78.3 Å². The van der Waals surface area contributed by atoms with Crippen LogP contribution in [0.1, 0.15) is 12.5 Å². The Morgan fingerprint density at radius 1 is 1.09 bits per heavy atom. The van der Waals surface area contributed by atoms with E-state index in [9.17, 15) is 10.2 Å². The van der Waals surface area contributed by atoms with Crippen molar-refractivity contribution in [1.29, 1.82) is 0 Å². The first kappa shape index (κ1) is 14.3. The van der Waals surface area contributed by atoms with Crippen LogP contribution in [0.25, 0.3) is 10.6 Å². The Hall–Kier alpha value is -2.60. The van der Waals surface area contributed by atoms with Crippen molar-refractivity contribution < 1.29 is 10.2 Å². The number of benzene rings is 2. The van der Waals surface area contributed by atoms with Crippen molar-refractivity contribution >= 4 is 22.2 Å². The molecule has 22 heavy (non-hydrogen) atoms. The van der Waals surface area contributed by atoms with E-state index in [0.717, 1.165) is 12.1 Å². The van der Waals surface area contributed by atoms with Gasteiger partial charge in [0.05, 0.1) is 5.56 Å². The molecule has 6 heteroatoms. The van der Waals surface area contributed by atoms with Crippen molar-refractivity contribution in [1.82, 2.24) is 10.2 Å². The number of nitrogens with zero attached hydrogens (tertiary/aromatic N) is 2. The third-order valence-electron chi connectivity index (χ3n) is 3.28. The Balaban J connectivity index is 1.88. The molecule has 0 atom stereocenters. The number of aromatic hydroxyl groups is 2. The largest absolute Gasteiger partial charge is 0.508 e. The van der Waals surface area contributed by atoms with Gasteiger partial charge in [-0.25, -0.2) is 0 Å². The van der Waals surface area contributed by atoms with Crippen LogP contribution in [0.4, 0.5) is 10.8 Å². The SMILES string of the molecule is CCc1ccccc1Nc1nnc(-c2ccc(O)cc2O)s1. The number of phenolic OH excluding ortho intramolecular Hbond substituents is 2. The highest BCUT2D eigenvalue weighted by molar-refractivity contribution is 7.18. The minimum Gasteiger partial charge on any atom is -0.508 e. The summed E-state index contributed by atoms with van der Waals surface area (Å²) < 4.78 is 0. The van der Waals surface area contributed by atoms with Crippen molar-refractivity contribution in [2.24, 2.45) is 0 Å². The Kier molecular flexibility index (Phi) is 3.93. The summed E-state index contributed by atoms with van der Waals surface area (Å²) in [6.07, 6.45) is 0.924. The molecule has 0 unspecified atom stereocenters. The first-order chi connectivity index (χ1) is 10.7. The average Bonchev–Trinajstić information content (AvgIpc) is 2.96. The second-order valence-corrected chi connectivity index (χ2v) is 5.73. The highest BCUT2D eigenvalue weighted by Crippen LogP contribution is 2.35. The molecular formula is C16H15N3O2S. The molecule has 1 aromatic heterocycles. The lowest BCUT2D eigenvalue weighted by atomic mass is 10.1. The quantitative estimate of drug-likeness (QED) is 0.680. The monoisotopic (exact) mass is 313 g/mol. The molecule has 0 radical (unpaired) electrons. The van der Waals surface area contributed by atoms with E-state index in [4.69, 9.17) is 0 Å². The number of anilines is 2. The van der Waals surface area contributed by atoms with E-state index in [1.807, 2.05) is 18.2 Å². The molecule has 0 fully saturated rings. The average molecular weight is 313 g/mol. The van der Waals surface area contributed by atoms with Crippen LogP contribution in [-0.2, 0) is 6.42 Å². The van der Waals surface area contributed by atoms with Gasteiger partial charge in [-0.2, -0.15) is 0 Å². The third-order valence-corrected chi connectivity index (χ3v) is 4.15. The predicted octanol–water partition coefficient (Wildman–Crippen LogP) is 3.92. The second-order valence-electron chi connectivity index (χ2n) is 4.75. The maximum atomic E-state index is 9.88. The highest BCUT2D eigenvalue weighted by atomic mass is 32.1. The van der Waals surface area contributed by atoms with Crippen LogP contribution < -0.4 is 5.32 Å². The normalized spacial score (nSPS) is 10.6. The molecule has 0 aliphatic carbocycles. The van der Waals surface area contributed by atoms with E-state index in [-0.39, 0.29) is 11.5 Å². The lowest BCUT2D eigenvalue weighted by molar-refractivity contribution is 0.452. The van der Waals surface area contributed by atoms with E-state index >= 15 is 0 Å². The van der Waals surface area contributed by atoms with Crippen LogP contribution >= 0.6 is 11.3 Å². The predicted molar refractivity (Wildman–Crippen MR) is 87.8 cm³/mol. The molecule has 3 N–H and O–H groups in total. The first-order valence-electron chi connectivity index (χ1n) is 6.88. The number of aryl methyl sites for hydroxylation is 1. The summed E-state index contributed by atoms with van der Waals surface area (Å²) >= 11 is 1.35. The van der Waals surface area contributed by atoms with Crippen molar-refractivity contribution in [3.8, 4) is 22.1 Å². The van der Waals surface area contributed by atoms with Gasteiger partial charge in [-0.15, -0.1) is 10.2 Å². The molecule has 0 aliphatic heterocycles. The standard InChI is InChI=1S/C16H15N3O2S/c1-2-10-5-3-4-6-13(10)17-16-19-18-15(22-16)12-8-7-11(20)9-14(12)21/h3-9,20-21H,2H2,1H3,(H,17,19). The number of phenols is 2. The summed E-state index contributed by atoms with van der Waals surface area (Å²) in [4.78, 5) is 0. The fourth-order valence-corrected chi connectivity index (χ4v) is 2.94. The molecule has 3 aromatic rings. The van der Waals surface area contributed by atoms with Crippen LogP contribution in [0.15, 0.2) is 42.5 Å². The Morgan fingerprint density at radius 2 is 1.91 bits per heavy atom. The van der Waals surface area contributed by atoms with E-state index in [1.165, 1.54) is 29.0 Å². The maximum absolute atomic E-state index is 9.88. The van der Waals surface area contributed by atoms with Crippen molar-refractivity contribution in [2.45, 2.75) is 13.3 Å². The number of nitrogens with one attached hydrogen (secondary N) is 1. The molecule has 3 rings (SSSR count). The summed E-state index contributed by atoms with van der Waals surface area (Å²) in [6.45, 7) is 2.10. The van der Waals surface area contributed by atoms with E-state index in [2.05, 4.69) is 28.5 Å². The number of hydrogen-bond donors (Lipinski definition) is 3. The minimum atomic E-state index is -0.0170. The summed E-state index contributed by atoms with van der Waals surface area (Å²) in [5, 5.41) is 31.9. The second kappa shape index (κ2) is 6.03. The van der Waals surface area contributed by atoms with Crippen LogP contribution in [0, 0.1) is 0 Å². The Bertz CT molecular complexity index is 802. The molecule has 0 saturated carbocycles. The van der Waals surface area contributed by atoms with Gasteiger partial charge in [-0.05, 0) is 30.2 Å². The van der Waals surface area contributed by atoms with Gasteiger partial charge in [0.25, 0.3) is 0 Å². The fourth-order valence-electron chi connectivity index (χ4n) is 2.15. The van der Waals surface area contributed by atoms with E-state index in [0.29, 0.717) is 15.7 Å². The van der Waals surface area contributed by atoms with Gasteiger partial charge in [0.15, 0.2) is 5.01 Å².